The summed E-state index contributed by atoms with van der Waals surface area (Å²) in [6.45, 7) is 5.89. The summed E-state index contributed by atoms with van der Waals surface area (Å²) < 4.78 is 0. The van der Waals surface area contributed by atoms with Crippen LogP contribution in [0, 0.1) is 17.8 Å². The zero-order chi connectivity index (χ0) is 23.9. The van der Waals surface area contributed by atoms with E-state index in [9.17, 15) is 24.6 Å². The van der Waals surface area contributed by atoms with E-state index in [1.807, 2.05) is 19.9 Å². The Morgan fingerprint density at radius 1 is 1.12 bits per heavy atom. The van der Waals surface area contributed by atoms with Crippen molar-refractivity contribution >= 4 is 17.7 Å². The van der Waals surface area contributed by atoms with Gasteiger partial charge in [0.1, 0.15) is 11.8 Å². The highest BCUT2D eigenvalue weighted by molar-refractivity contribution is 5.84. The fourth-order valence-electron chi connectivity index (χ4n) is 4.44. The summed E-state index contributed by atoms with van der Waals surface area (Å²) >= 11 is 0. The minimum atomic E-state index is -0.981. The number of ketones is 1. The van der Waals surface area contributed by atoms with Crippen LogP contribution in [0.25, 0.3) is 0 Å². The van der Waals surface area contributed by atoms with Gasteiger partial charge in [-0.15, -0.1) is 0 Å². The van der Waals surface area contributed by atoms with Crippen LogP contribution < -0.4 is 5.32 Å². The van der Waals surface area contributed by atoms with Crippen molar-refractivity contribution in [2.45, 2.75) is 116 Å². The van der Waals surface area contributed by atoms with Gasteiger partial charge in [0.05, 0.1) is 6.10 Å². The number of carbonyl (C=O) groups is 3. The van der Waals surface area contributed by atoms with Gasteiger partial charge in [0.25, 0.3) is 0 Å². The molecule has 1 fully saturated rings. The lowest BCUT2D eigenvalue weighted by atomic mass is 9.89. The molecule has 0 aromatic heterocycles. The number of nitrogens with one attached hydrogen (secondary N) is 1. The Hall–Kier alpha value is -1.69. The van der Waals surface area contributed by atoms with Crippen molar-refractivity contribution in [1.29, 1.82) is 0 Å². The topological polar surface area (TPSA) is 104 Å². The van der Waals surface area contributed by atoms with Crippen molar-refractivity contribution in [2.75, 3.05) is 0 Å². The SMILES string of the molecule is CCCCC[C@H](O)C=C[C@H]1CCC(=O)[C@@H]1CCCCCCC(=O)NC(C(=O)O)C(C)CC. The van der Waals surface area contributed by atoms with Gasteiger partial charge in [-0.25, -0.2) is 4.79 Å². The summed E-state index contributed by atoms with van der Waals surface area (Å²) in [5.41, 5.74) is 0. The lowest BCUT2D eigenvalue weighted by molar-refractivity contribution is -0.143. The van der Waals surface area contributed by atoms with Crippen molar-refractivity contribution in [3.8, 4) is 0 Å². The molecule has 1 saturated carbocycles. The third-order valence-corrected chi connectivity index (χ3v) is 6.80. The quantitative estimate of drug-likeness (QED) is 0.212. The fraction of sp³-hybridized carbons (Fsp3) is 0.808. The van der Waals surface area contributed by atoms with Gasteiger partial charge >= 0.3 is 5.97 Å². The summed E-state index contributed by atoms with van der Waals surface area (Å²) in [5, 5.41) is 22.0. The van der Waals surface area contributed by atoms with Crippen LogP contribution in [-0.4, -0.2) is 40.0 Å². The fourth-order valence-corrected chi connectivity index (χ4v) is 4.44. The molecule has 0 aromatic carbocycles. The molecule has 1 rings (SSSR count). The first-order valence-electron chi connectivity index (χ1n) is 12.7. The van der Waals surface area contributed by atoms with E-state index in [4.69, 9.17) is 0 Å². The predicted molar refractivity (Wildman–Crippen MR) is 127 cm³/mol. The molecule has 0 saturated heterocycles. The molecule has 184 valence electrons. The molecule has 0 spiro atoms. The van der Waals surface area contributed by atoms with Gasteiger partial charge in [0.2, 0.25) is 5.91 Å². The highest BCUT2D eigenvalue weighted by Gasteiger charge is 2.32. The van der Waals surface area contributed by atoms with Crippen molar-refractivity contribution in [3.05, 3.63) is 12.2 Å². The second-order valence-electron chi connectivity index (χ2n) is 9.45. The highest BCUT2D eigenvalue weighted by Crippen LogP contribution is 2.34. The molecule has 32 heavy (non-hydrogen) atoms. The Balaban J connectivity index is 2.28. The minimum absolute atomic E-state index is 0.0595. The van der Waals surface area contributed by atoms with Crippen LogP contribution in [0.1, 0.15) is 104 Å². The summed E-state index contributed by atoms with van der Waals surface area (Å²) in [7, 11) is 0. The summed E-state index contributed by atoms with van der Waals surface area (Å²) in [6, 6.07) is -0.823. The molecular weight excluding hydrogens is 406 g/mol. The number of Topliss-reactive ketones (excluding diaryl/α,β-unsaturated/α-hetero) is 1. The van der Waals surface area contributed by atoms with Gasteiger partial charge in [0.15, 0.2) is 0 Å². The molecule has 0 bridgehead atoms. The lowest BCUT2D eigenvalue weighted by Gasteiger charge is -2.20. The van der Waals surface area contributed by atoms with Crippen LogP contribution in [0.3, 0.4) is 0 Å². The zero-order valence-corrected chi connectivity index (χ0v) is 20.4. The number of aliphatic hydroxyl groups is 1. The van der Waals surface area contributed by atoms with E-state index in [2.05, 4.69) is 18.3 Å². The van der Waals surface area contributed by atoms with Gasteiger partial charge in [-0.2, -0.15) is 0 Å². The van der Waals surface area contributed by atoms with E-state index in [0.29, 0.717) is 25.0 Å². The number of aliphatic carboxylic acids is 1. The first-order valence-corrected chi connectivity index (χ1v) is 12.7. The second kappa shape index (κ2) is 16.0. The molecule has 0 heterocycles. The van der Waals surface area contributed by atoms with Crippen LogP contribution in [-0.2, 0) is 14.4 Å². The molecule has 5 atom stereocenters. The average Bonchev–Trinajstić information content (AvgIpc) is 3.11. The van der Waals surface area contributed by atoms with Gasteiger partial charge < -0.3 is 15.5 Å². The Kier molecular flexibility index (Phi) is 14.2. The zero-order valence-electron chi connectivity index (χ0n) is 20.4. The monoisotopic (exact) mass is 451 g/mol. The number of amides is 1. The highest BCUT2D eigenvalue weighted by atomic mass is 16.4. The van der Waals surface area contributed by atoms with Crippen molar-refractivity contribution < 1.29 is 24.6 Å². The van der Waals surface area contributed by atoms with Crippen molar-refractivity contribution in [2.24, 2.45) is 17.8 Å². The van der Waals surface area contributed by atoms with Gasteiger partial charge in [-0.05, 0) is 37.5 Å². The number of hydrogen-bond donors (Lipinski definition) is 3. The molecule has 3 N–H and O–H groups in total. The van der Waals surface area contributed by atoms with Crippen molar-refractivity contribution in [1.82, 2.24) is 5.32 Å². The number of rotatable bonds is 17. The summed E-state index contributed by atoms with van der Waals surface area (Å²) in [5.74, 6) is -0.645. The number of carboxylic acid groups (broad SMARTS) is 1. The van der Waals surface area contributed by atoms with Gasteiger partial charge in [-0.3, -0.25) is 9.59 Å². The van der Waals surface area contributed by atoms with E-state index in [-0.39, 0.29) is 23.7 Å². The van der Waals surface area contributed by atoms with E-state index in [1.54, 1.807) is 0 Å². The minimum Gasteiger partial charge on any atom is -0.480 e. The maximum absolute atomic E-state index is 12.3. The molecule has 6 heteroatoms. The van der Waals surface area contributed by atoms with Crippen LogP contribution in [0.5, 0.6) is 0 Å². The van der Waals surface area contributed by atoms with Crippen LogP contribution in [0.4, 0.5) is 0 Å². The lowest BCUT2D eigenvalue weighted by Crippen LogP contribution is -2.44. The van der Waals surface area contributed by atoms with Gasteiger partial charge in [-0.1, -0.05) is 77.9 Å². The smallest absolute Gasteiger partial charge is 0.326 e. The number of aliphatic hydroxyl groups excluding tert-OH is 1. The van der Waals surface area contributed by atoms with E-state index >= 15 is 0 Å². The number of allylic oxidation sites excluding steroid dienone is 1. The Morgan fingerprint density at radius 2 is 1.84 bits per heavy atom. The van der Waals surface area contributed by atoms with Gasteiger partial charge in [0, 0.05) is 18.8 Å². The molecule has 2 unspecified atom stereocenters. The van der Waals surface area contributed by atoms with Crippen molar-refractivity contribution in [3.63, 3.8) is 0 Å². The molecule has 0 aromatic rings. The maximum atomic E-state index is 12.3. The molecule has 1 aliphatic rings. The number of carbonyl (C=O) groups excluding carboxylic acids is 2. The van der Waals surface area contributed by atoms with Crippen LogP contribution in [0.15, 0.2) is 12.2 Å². The van der Waals surface area contributed by atoms with E-state index < -0.39 is 18.1 Å². The number of unbranched alkanes of at least 4 members (excludes halogenated alkanes) is 5. The second-order valence-corrected chi connectivity index (χ2v) is 9.45. The standard InChI is InChI=1S/C26H45NO5/c1-4-6-9-12-21(28)17-15-20-16-18-23(29)22(20)13-10-7-8-11-14-24(30)27-25(26(31)32)19(3)5-2/h15,17,19-22,25,28H,4-14,16,18H2,1-3H3,(H,27,30)(H,31,32)/t19?,20-,21-,22+,25?/m0/s1. The Bertz CT molecular complexity index is 603. The van der Waals surface area contributed by atoms with Crippen LogP contribution in [0.2, 0.25) is 0 Å². The number of carboxylic acids is 1. The van der Waals surface area contributed by atoms with E-state index in [0.717, 1.165) is 64.2 Å². The molecular formula is C26H45NO5. The summed E-state index contributed by atoms with van der Waals surface area (Å²) in [6.07, 6.45) is 14.6. The molecule has 6 nitrogen and oxygen atoms in total. The Labute approximate surface area is 194 Å². The predicted octanol–water partition coefficient (Wildman–Crippen LogP) is 5.04. The number of hydrogen-bond acceptors (Lipinski definition) is 4. The third-order valence-electron chi connectivity index (χ3n) is 6.80. The first kappa shape index (κ1) is 28.3. The molecule has 0 radical (unpaired) electrons. The summed E-state index contributed by atoms with van der Waals surface area (Å²) in [4.78, 5) is 35.7. The van der Waals surface area contributed by atoms with E-state index in [1.165, 1.54) is 0 Å². The maximum Gasteiger partial charge on any atom is 0.326 e. The molecule has 1 aliphatic carbocycles. The largest absolute Gasteiger partial charge is 0.480 e. The normalized spacial score (nSPS) is 21.6. The average molecular weight is 452 g/mol. The van der Waals surface area contributed by atoms with Crippen LogP contribution >= 0.6 is 0 Å². The molecule has 1 amide bonds. The Morgan fingerprint density at radius 3 is 2.50 bits per heavy atom. The molecule has 0 aliphatic heterocycles. The first-order chi connectivity index (χ1) is 15.3. The third kappa shape index (κ3) is 10.8.